The van der Waals surface area contributed by atoms with E-state index in [2.05, 4.69) is 35.9 Å². The highest BCUT2D eigenvalue weighted by Crippen LogP contribution is 2.33. The van der Waals surface area contributed by atoms with Crippen LogP contribution >= 0.6 is 23.2 Å². The van der Waals surface area contributed by atoms with Gasteiger partial charge in [0.05, 0.1) is 16.1 Å². The summed E-state index contributed by atoms with van der Waals surface area (Å²) in [5, 5.41) is 6.83. The van der Waals surface area contributed by atoms with Gasteiger partial charge >= 0.3 is 12.4 Å². The summed E-state index contributed by atoms with van der Waals surface area (Å²) in [5.74, 6) is -2.12. The van der Waals surface area contributed by atoms with Crippen molar-refractivity contribution in [2.45, 2.75) is 63.7 Å². The number of benzene rings is 1. The highest BCUT2D eigenvalue weighted by Gasteiger charge is 2.39. The summed E-state index contributed by atoms with van der Waals surface area (Å²) in [6, 6.07) is 3.52. The average Bonchev–Trinajstić information content (AvgIpc) is 3.75. The van der Waals surface area contributed by atoms with Crippen LogP contribution in [-0.4, -0.2) is 44.8 Å². The summed E-state index contributed by atoms with van der Waals surface area (Å²) in [7, 11) is 0. The Morgan fingerprint density at radius 3 is 1.71 bits per heavy atom. The van der Waals surface area contributed by atoms with Crippen LogP contribution in [0.2, 0.25) is 10.3 Å². The van der Waals surface area contributed by atoms with Crippen molar-refractivity contribution >= 4 is 46.7 Å². The van der Waals surface area contributed by atoms with Gasteiger partial charge in [0.2, 0.25) is 11.2 Å². The Hall–Kier alpha value is -3.79. The number of nitrogens with one attached hydrogen (secondary N) is 3. The molecule has 3 aromatic rings. The number of hydrogen-bond donors (Lipinski definition) is 3. The van der Waals surface area contributed by atoms with Gasteiger partial charge in [-0.25, -0.2) is 24.3 Å². The Labute approximate surface area is 280 Å². The standard InChI is InChI=1S/C18H17ClF4N4O.C12H13ClF3N3O/c19-13-7-11(5-6-14(13)20)26-17-25-9-12(15(27-17)18(21,22)23)16(28)24-8-10-3-1-2-4-10;13-11-18-6-8(9(19-11)12(14,15)16)10(20)17-5-7-3-1-2-4-7/h5-7,9-10H,1-4,8H2,(H,24,28)(H,25,26,27);6-7H,1-5H2,(H,17,20). The molecule has 0 radical (unpaired) electrons. The number of carbonyl (C=O) groups excluding carboxylic acids is 2. The monoisotopic (exact) mass is 723 g/mol. The first kappa shape index (κ1) is 37.0. The van der Waals surface area contributed by atoms with E-state index in [1.54, 1.807) is 0 Å². The highest BCUT2D eigenvalue weighted by atomic mass is 35.5. The van der Waals surface area contributed by atoms with Gasteiger partial charge in [0, 0.05) is 31.2 Å². The number of alkyl halides is 6. The third-order valence-corrected chi connectivity index (χ3v) is 8.27. The zero-order valence-electron chi connectivity index (χ0n) is 25.1. The second kappa shape index (κ2) is 16.1. The molecule has 5 rings (SSSR count). The minimum Gasteiger partial charge on any atom is -0.352 e. The highest BCUT2D eigenvalue weighted by molar-refractivity contribution is 6.31. The van der Waals surface area contributed by atoms with Gasteiger partial charge in [-0.15, -0.1) is 0 Å². The van der Waals surface area contributed by atoms with E-state index in [9.17, 15) is 40.3 Å². The van der Waals surface area contributed by atoms with Gasteiger partial charge in [-0.05, 0) is 67.3 Å². The minimum atomic E-state index is -4.85. The number of halogens is 9. The predicted octanol–water partition coefficient (Wildman–Crippen LogP) is 8.02. The molecule has 0 spiro atoms. The fourth-order valence-corrected chi connectivity index (χ4v) is 5.68. The number of aromatic nitrogens is 4. The number of carbonyl (C=O) groups is 2. The van der Waals surface area contributed by atoms with Crippen LogP contribution < -0.4 is 16.0 Å². The molecule has 0 bridgehead atoms. The lowest BCUT2D eigenvalue weighted by Crippen LogP contribution is -2.31. The maximum Gasteiger partial charge on any atom is 0.434 e. The Balaban J connectivity index is 0.000000229. The van der Waals surface area contributed by atoms with Gasteiger partial charge in [0.15, 0.2) is 11.4 Å². The molecule has 48 heavy (non-hydrogen) atoms. The third-order valence-electron chi connectivity index (χ3n) is 7.80. The molecule has 0 atom stereocenters. The average molecular weight is 725 g/mol. The van der Waals surface area contributed by atoms with Crippen molar-refractivity contribution in [1.82, 2.24) is 30.6 Å². The molecule has 2 aromatic heterocycles. The van der Waals surface area contributed by atoms with E-state index in [1.165, 1.54) is 12.1 Å². The van der Waals surface area contributed by atoms with Gasteiger partial charge in [-0.3, -0.25) is 9.59 Å². The molecular formula is C30H30Cl2F7N7O2. The summed E-state index contributed by atoms with van der Waals surface area (Å²) in [6.45, 7) is 0.697. The molecule has 2 amide bonds. The zero-order chi connectivity index (χ0) is 35.1. The van der Waals surface area contributed by atoms with E-state index >= 15 is 0 Å². The molecule has 2 aliphatic carbocycles. The van der Waals surface area contributed by atoms with Crippen molar-refractivity contribution in [3.8, 4) is 0 Å². The van der Waals surface area contributed by atoms with Crippen molar-refractivity contribution in [3.05, 3.63) is 69.2 Å². The normalized spacial score (nSPS) is 15.5. The first-order valence-corrected chi connectivity index (χ1v) is 15.7. The SMILES string of the molecule is O=C(NCC1CCCC1)c1cnc(Cl)nc1C(F)(F)F.O=C(NCC1CCCC1)c1cnc(Nc2ccc(F)c(Cl)c2)nc1C(F)(F)F. The first-order chi connectivity index (χ1) is 22.6. The van der Waals surface area contributed by atoms with Crippen molar-refractivity contribution in [3.63, 3.8) is 0 Å². The first-order valence-electron chi connectivity index (χ1n) is 14.9. The maximum absolute atomic E-state index is 13.4. The van der Waals surface area contributed by atoms with E-state index in [-0.39, 0.29) is 22.6 Å². The Bertz CT molecular complexity index is 1600. The molecule has 2 aliphatic rings. The molecule has 0 aliphatic heterocycles. The van der Waals surface area contributed by atoms with Gasteiger partial charge < -0.3 is 16.0 Å². The topological polar surface area (TPSA) is 122 Å². The number of rotatable bonds is 8. The van der Waals surface area contributed by atoms with Crippen molar-refractivity contribution in [2.75, 3.05) is 18.4 Å². The summed E-state index contributed by atoms with van der Waals surface area (Å²) in [4.78, 5) is 37.9. The summed E-state index contributed by atoms with van der Waals surface area (Å²) >= 11 is 11.0. The van der Waals surface area contributed by atoms with Crippen LogP contribution in [0, 0.1) is 17.7 Å². The molecule has 2 saturated carbocycles. The molecule has 2 fully saturated rings. The Morgan fingerprint density at radius 2 is 1.23 bits per heavy atom. The zero-order valence-corrected chi connectivity index (χ0v) is 26.6. The molecule has 1 aromatic carbocycles. The molecule has 2 heterocycles. The van der Waals surface area contributed by atoms with Gasteiger partial charge in [-0.1, -0.05) is 37.3 Å². The van der Waals surface area contributed by atoms with Crippen LogP contribution in [0.3, 0.4) is 0 Å². The van der Waals surface area contributed by atoms with Crippen LogP contribution in [0.25, 0.3) is 0 Å². The van der Waals surface area contributed by atoms with Gasteiger partial charge in [0.25, 0.3) is 11.8 Å². The van der Waals surface area contributed by atoms with E-state index in [1.807, 2.05) is 0 Å². The molecular weight excluding hydrogens is 694 g/mol. The molecule has 18 heteroatoms. The van der Waals surface area contributed by atoms with Crippen LogP contribution in [0.15, 0.2) is 30.6 Å². The largest absolute Gasteiger partial charge is 0.434 e. The fourth-order valence-electron chi connectivity index (χ4n) is 5.36. The van der Waals surface area contributed by atoms with Gasteiger partial charge in [0.1, 0.15) is 5.82 Å². The van der Waals surface area contributed by atoms with E-state index in [4.69, 9.17) is 23.2 Å². The van der Waals surface area contributed by atoms with Crippen LogP contribution in [0.1, 0.15) is 83.5 Å². The fraction of sp³-hybridized carbons (Fsp3) is 0.467. The molecule has 0 unspecified atom stereocenters. The Morgan fingerprint density at radius 1 is 0.750 bits per heavy atom. The molecule has 260 valence electrons. The molecule has 3 N–H and O–H groups in total. The van der Waals surface area contributed by atoms with Crippen LogP contribution in [0.4, 0.5) is 42.4 Å². The summed E-state index contributed by atoms with van der Waals surface area (Å²) in [5.41, 5.74) is -3.69. The van der Waals surface area contributed by atoms with E-state index in [0.29, 0.717) is 19.0 Å². The van der Waals surface area contributed by atoms with E-state index < -0.39 is 57.8 Å². The molecule has 0 saturated heterocycles. The van der Waals surface area contributed by atoms with Crippen LogP contribution in [0.5, 0.6) is 0 Å². The third kappa shape index (κ3) is 10.4. The predicted molar refractivity (Wildman–Crippen MR) is 162 cm³/mol. The minimum absolute atomic E-state index is 0.205. The maximum atomic E-state index is 13.4. The lowest BCUT2D eigenvalue weighted by molar-refractivity contribution is -0.142. The second-order valence-corrected chi connectivity index (χ2v) is 12.1. The second-order valence-electron chi connectivity index (χ2n) is 11.3. The number of anilines is 2. The number of hydrogen-bond acceptors (Lipinski definition) is 7. The van der Waals surface area contributed by atoms with Crippen molar-refractivity contribution in [1.29, 1.82) is 0 Å². The summed E-state index contributed by atoms with van der Waals surface area (Å²) < 4.78 is 91.9. The number of amides is 2. The van der Waals surface area contributed by atoms with Crippen LogP contribution in [-0.2, 0) is 12.4 Å². The summed E-state index contributed by atoms with van der Waals surface area (Å²) in [6.07, 6.45) is 0.236. The lowest BCUT2D eigenvalue weighted by Gasteiger charge is -2.15. The quantitative estimate of drug-likeness (QED) is 0.159. The smallest absolute Gasteiger partial charge is 0.352 e. The molecule has 9 nitrogen and oxygen atoms in total. The Kier molecular flexibility index (Phi) is 12.4. The van der Waals surface area contributed by atoms with Gasteiger partial charge in [-0.2, -0.15) is 26.3 Å². The van der Waals surface area contributed by atoms with E-state index in [0.717, 1.165) is 69.8 Å². The van der Waals surface area contributed by atoms with Crippen molar-refractivity contribution in [2.24, 2.45) is 11.8 Å². The number of nitrogens with zero attached hydrogens (tertiary/aromatic N) is 4. The lowest BCUT2D eigenvalue weighted by atomic mass is 10.1. The van der Waals surface area contributed by atoms with Crippen molar-refractivity contribution < 1.29 is 40.3 Å².